The molecule has 0 saturated heterocycles. The maximum Gasteiger partial charge on any atom is 0.169 e. The SMILES string of the molecule is CC1(O)CC1C(=O)c1ccc(CS)c(F)c1. The summed E-state index contributed by atoms with van der Waals surface area (Å²) < 4.78 is 13.4. The van der Waals surface area contributed by atoms with Crippen molar-refractivity contribution in [2.45, 2.75) is 24.7 Å². The topological polar surface area (TPSA) is 37.3 Å². The second-order valence-corrected chi connectivity index (χ2v) is 4.76. The molecule has 0 aliphatic heterocycles. The van der Waals surface area contributed by atoms with Crippen molar-refractivity contribution in [1.82, 2.24) is 0 Å². The van der Waals surface area contributed by atoms with Crippen LogP contribution in [0.4, 0.5) is 4.39 Å². The Labute approximate surface area is 98.9 Å². The maximum atomic E-state index is 13.4. The molecule has 2 nitrogen and oxygen atoms in total. The van der Waals surface area contributed by atoms with E-state index in [4.69, 9.17) is 0 Å². The van der Waals surface area contributed by atoms with E-state index in [-0.39, 0.29) is 11.7 Å². The molecule has 1 aromatic rings. The quantitative estimate of drug-likeness (QED) is 0.628. The fraction of sp³-hybridized carbons (Fsp3) is 0.417. The van der Waals surface area contributed by atoms with Crippen LogP contribution in [0.2, 0.25) is 0 Å². The van der Waals surface area contributed by atoms with Gasteiger partial charge in [0.2, 0.25) is 0 Å². The molecule has 1 aliphatic carbocycles. The third-order valence-corrected chi connectivity index (χ3v) is 3.37. The van der Waals surface area contributed by atoms with E-state index in [0.717, 1.165) is 0 Å². The number of carbonyl (C=O) groups is 1. The van der Waals surface area contributed by atoms with E-state index in [1.807, 2.05) is 0 Å². The molecule has 0 bridgehead atoms. The van der Waals surface area contributed by atoms with Gasteiger partial charge in [-0.15, -0.1) is 0 Å². The van der Waals surface area contributed by atoms with Crippen LogP contribution < -0.4 is 0 Å². The average molecular weight is 240 g/mol. The highest BCUT2D eigenvalue weighted by Gasteiger charge is 2.53. The van der Waals surface area contributed by atoms with Crippen LogP contribution in [-0.2, 0) is 5.75 Å². The van der Waals surface area contributed by atoms with Gasteiger partial charge in [0.1, 0.15) is 5.82 Å². The van der Waals surface area contributed by atoms with Crippen molar-refractivity contribution in [3.05, 3.63) is 35.1 Å². The van der Waals surface area contributed by atoms with Crippen LogP contribution in [0.15, 0.2) is 18.2 Å². The van der Waals surface area contributed by atoms with Crippen LogP contribution in [0.5, 0.6) is 0 Å². The summed E-state index contributed by atoms with van der Waals surface area (Å²) in [6.07, 6.45) is 0.460. The third-order valence-electron chi connectivity index (χ3n) is 3.03. The lowest BCUT2D eigenvalue weighted by molar-refractivity contribution is 0.0884. The van der Waals surface area contributed by atoms with Crippen molar-refractivity contribution in [1.29, 1.82) is 0 Å². The second-order valence-electron chi connectivity index (χ2n) is 4.44. The van der Waals surface area contributed by atoms with E-state index in [2.05, 4.69) is 12.6 Å². The first-order valence-electron chi connectivity index (χ1n) is 5.11. The number of carbonyl (C=O) groups excluding carboxylic acids is 1. The lowest BCUT2D eigenvalue weighted by Gasteiger charge is -2.04. The van der Waals surface area contributed by atoms with Gasteiger partial charge in [0.25, 0.3) is 0 Å². The molecule has 0 radical (unpaired) electrons. The van der Waals surface area contributed by atoms with E-state index in [1.165, 1.54) is 6.07 Å². The molecule has 1 saturated carbocycles. The van der Waals surface area contributed by atoms with Crippen LogP contribution in [0, 0.1) is 11.7 Å². The highest BCUT2D eigenvalue weighted by Crippen LogP contribution is 2.44. The Kier molecular flexibility index (Phi) is 2.80. The molecule has 0 aromatic heterocycles. The molecule has 2 atom stereocenters. The summed E-state index contributed by atoms with van der Waals surface area (Å²) in [6, 6.07) is 4.38. The van der Waals surface area contributed by atoms with Crippen molar-refractivity contribution in [3.63, 3.8) is 0 Å². The summed E-state index contributed by atoms with van der Waals surface area (Å²) in [5.41, 5.74) is -0.108. The fourth-order valence-corrected chi connectivity index (χ4v) is 2.02. The predicted molar refractivity (Wildman–Crippen MR) is 62.2 cm³/mol. The first-order valence-corrected chi connectivity index (χ1v) is 5.75. The first kappa shape index (κ1) is 11.6. The number of hydrogen-bond acceptors (Lipinski definition) is 3. The number of thiol groups is 1. The number of Topliss-reactive ketones (excluding diaryl/α,β-unsaturated/α-hetero) is 1. The average Bonchev–Trinajstić information content (AvgIpc) is 2.86. The van der Waals surface area contributed by atoms with E-state index >= 15 is 0 Å². The molecule has 2 rings (SSSR count). The molecule has 16 heavy (non-hydrogen) atoms. The number of benzene rings is 1. The van der Waals surface area contributed by atoms with Crippen LogP contribution in [0.1, 0.15) is 29.3 Å². The van der Waals surface area contributed by atoms with Gasteiger partial charge in [0.05, 0.1) is 11.5 Å². The van der Waals surface area contributed by atoms with Gasteiger partial charge in [-0.1, -0.05) is 12.1 Å². The summed E-state index contributed by atoms with van der Waals surface area (Å²) in [5, 5.41) is 9.57. The van der Waals surface area contributed by atoms with E-state index < -0.39 is 11.4 Å². The Morgan fingerprint density at radius 2 is 2.31 bits per heavy atom. The molecule has 0 spiro atoms. The largest absolute Gasteiger partial charge is 0.389 e. The van der Waals surface area contributed by atoms with Gasteiger partial charge in [0.15, 0.2) is 5.78 Å². The summed E-state index contributed by atoms with van der Waals surface area (Å²) in [4.78, 5) is 11.8. The molecule has 4 heteroatoms. The van der Waals surface area contributed by atoms with Gasteiger partial charge < -0.3 is 5.11 Å². The molecular weight excluding hydrogens is 227 g/mol. The zero-order chi connectivity index (χ0) is 11.9. The zero-order valence-corrected chi connectivity index (χ0v) is 9.80. The minimum Gasteiger partial charge on any atom is -0.389 e. The van der Waals surface area contributed by atoms with Crippen LogP contribution >= 0.6 is 12.6 Å². The molecule has 1 N–H and O–H groups in total. The summed E-state index contributed by atoms with van der Waals surface area (Å²) >= 11 is 3.98. The van der Waals surface area contributed by atoms with E-state index in [1.54, 1.807) is 19.1 Å². The third kappa shape index (κ3) is 1.99. The Morgan fingerprint density at radius 1 is 1.69 bits per heavy atom. The van der Waals surface area contributed by atoms with Crippen molar-refractivity contribution < 1.29 is 14.3 Å². The molecule has 1 fully saturated rings. The lowest BCUT2D eigenvalue weighted by Crippen LogP contribution is -2.12. The summed E-state index contributed by atoms with van der Waals surface area (Å²) in [6.45, 7) is 1.62. The number of halogens is 1. The Balaban J connectivity index is 2.22. The van der Waals surface area contributed by atoms with Crippen molar-refractivity contribution in [2.75, 3.05) is 0 Å². The fourth-order valence-electron chi connectivity index (χ4n) is 1.76. The molecule has 0 amide bonds. The monoisotopic (exact) mass is 240 g/mol. The smallest absolute Gasteiger partial charge is 0.169 e. The maximum absolute atomic E-state index is 13.4. The number of hydrogen-bond donors (Lipinski definition) is 2. The molecular formula is C12H13FO2S. The molecule has 0 heterocycles. The van der Waals surface area contributed by atoms with Gasteiger partial charge in [-0.2, -0.15) is 12.6 Å². The Hall–Kier alpha value is -0.870. The molecule has 86 valence electrons. The Morgan fingerprint density at radius 3 is 2.75 bits per heavy atom. The number of ketones is 1. The van der Waals surface area contributed by atoms with E-state index in [0.29, 0.717) is 23.3 Å². The number of aliphatic hydroxyl groups is 1. The predicted octanol–water partition coefficient (Wildman–Crippen LogP) is 2.21. The number of rotatable bonds is 3. The van der Waals surface area contributed by atoms with Crippen molar-refractivity contribution in [2.24, 2.45) is 5.92 Å². The second kappa shape index (κ2) is 3.86. The van der Waals surface area contributed by atoms with Crippen molar-refractivity contribution in [3.8, 4) is 0 Å². The minimum atomic E-state index is -0.907. The van der Waals surface area contributed by atoms with Gasteiger partial charge >= 0.3 is 0 Å². The highest BCUT2D eigenvalue weighted by molar-refractivity contribution is 7.79. The zero-order valence-electron chi connectivity index (χ0n) is 8.90. The molecule has 1 aromatic carbocycles. The normalized spacial score (nSPS) is 27.9. The van der Waals surface area contributed by atoms with Gasteiger partial charge in [-0.3, -0.25) is 4.79 Å². The first-order chi connectivity index (χ1) is 7.45. The van der Waals surface area contributed by atoms with Gasteiger partial charge in [-0.25, -0.2) is 4.39 Å². The van der Waals surface area contributed by atoms with Crippen molar-refractivity contribution >= 4 is 18.4 Å². The lowest BCUT2D eigenvalue weighted by atomic mass is 10.0. The Bertz CT molecular complexity index is 443. The van der Waals surface area contributed by atoms with Crippen LogP contribution in [0.25, 0.3) is 0 Å². The standard InChI is InChI=1S/C12H13FO2S/c1-12(15)5-9(12)11(14)7-2-3-8(6-16)10(13)4-7/h2-4,9,15-16H,5-6H2,1H3. The minimum absolute atomic E-state index is 0.186. The van der Waals surface area contributed by atoms with E-state index in [9.17, 15) is 14.3 Å². The summed E-state index contributed by atoms with van der Waals surface area (Å²) in [7, 11) is 0. The van der Waals surface area contributed by atoms with Crippen LogP contribution in [-0.4, -0.2) is 16.5 Å². The molecule has 1 aliphatic rings. The van der Waals surface area contributed by atoms with Gasteiger partial charge in [0, 0.05) is 11.3 Å². The highest BCUT2D eigenvalue weighted by atomic mass is 32.1. The summed E-state index contributed by atoms with van der Waals surface area (Å²) in [5.74, 6) is -0.675. The van der Waals surface area contributed by atoms with Gasteiger partial charge in [-0.05, 0) is 25.0 Å². The van der Waals surface area contributed by atoms with Crippen LogP contribution in [0.3, 0.4) is 0 Å². The molecule has 2 unspecified atom stereocenters.